The van der Waals surface area contributed by atoms with Crippen molar-refractivity contribution < 1.29 is 4.74 Å². The zero-order valence-electron chi connectivity index (χ0n) is 13.1. The molecule has 1 aromatic carbocycles. The van der Waals surface area contributed by atoms with Gasteiger partial charge in [0.2, 0.25) is 0 Å². The van der Waals surface area contributed by atoms with Crippen LogP contribution in [0, 0.1) is 0 Å². The maximum Gasteiger partial charge on any atom is 0.142 e. The average molecular weight is 382 g/mol. The van der Waals surface area contributed by atoms with E-state index in [1.807, 2.05) is 18.2 Å². The number of methoxy groups -OCH3 is 1. The van der Waals surface area contributed by atoms with Crippen LogP contribution in [-0.2, 0) is 12.8 Å². The monoisotopic (exact) mass is 381 g/mol. The van der Waals surface area contributed by atoms with Gasteiger partial charge in [-0.15, -0.1) is 23.7 Å². The maximum atomic E-state index is 6.21. The minimum Gasteiger partial charge on any atom is -0.495 e. The number of benzene rings is 1. The van der Waals surface area contributed by atoms with Crippen molar-refractivity contribution in [1.82, 2.24) is 9.97 Å². The highest BCUT2D eigenvalue weighted by molar-refractivity contribution is 7.19. The Morgan fingerprint density at radius 1 is 1.21 bits per heavy atom. The highest BCUT2D eigenvalue weighted by Crippen LogP contribution is 2.39. The third-order valence-electron chi connectivity index (χ3n) is 4.17. The van der Waals surface area contributed by atoms with E-state index in [1.54, 1.807) is 24.8 Å². The summed E-state index contributed by atoms with van der Waals surface area (Å²) in [6, 6.07) is 5.65. The molecule has 2 aromatic heterocycles. The fourth-order valence-electron chi connectivity index (χ4n) is 3.07. The number of aryl methyl sites for hydroxylation is 2. The predicted molar refractivity (Wildman–Crippen MR) is 103 cm³/mol. The number of rotatable bonds is 3. The Kier molecular flexibility index (Phi) is 5.13. The minimum atomic E-state index is 0. The molecule has 3 aromatic rings. The fraction of sp³-hybridized carbons (Fsp3) is 0.294. The number of nitrogens with one attached hydrogen (secondary N) is 1. The second-order valence-electron chi connectivity index (χ2n) is 5.59. The van der Waals surface area contributed by atoms with Crippen molar-refractivity contribution in [2.24, 2.45) is 0 Å². The van der Waals surface area contributed by atoms with Gasteiger partial charge in [0, 0.05) is 10.6 Å². The van der Waals surface area contributed by atoms with Crippen molar-refractivity contribution in [2.45, 2.75) is 25.7 Å². The topological polar surface area (TPSA) is 47.0 Å². The van der Waals surface area contributed by atoms with Gasteiger partial charge in [-0.2, -0.15) is 0 Å². The number of hydrogen-bond donors (Lipinski definition) is 1. The highest BCUT2D eigenvalue weighted by atomic mass is 35.5. The van der Waals surface area contributed by atoms with E-state index in [9.17, 15) is 0 Å². The normalized spacial score (nSPS) is 13.2. The molecule has 0 bridgehead atoms. The summed E-state index contributed by atoms with van der Waals surface area (Å²) >= 11 is 8.01. The van der Waals surface area contributed by atoms with Crippen LogP contribution in [0.3, 0.4) is 0 Å². The van der Waals surface area contributed by atoms with Gasteiger partial charge in [0.1, 0.15) is 22.7 Å². The second kappa shape index (κ2) is 7.13. The zero-order valence-corrected chi connectivity index (χ0v) is 15.5. The first kappa shape index (κ1) is 17.3. The summed E-state index contributed by atoms with van der Waals surface area (Å²) in [4.78, 5) is 11.4. The van der Waals surface area contributed by atoms with E-state index in [-0.39, 0.29) is 12.4 Å². The number of ether oxygens (including phenoxy) is 1. The SMILES string of the molecule is COc1ccc(Nc2ncnc3sc4c(c23)CCCC4)cc1Cl.Cl. The Bertz CT molecular complexity index is 882. The van der Waals surface area contributed by atoms with Gasteiger partial charge in [0.05, 0.1) is 17.5 Å². The molecular weight excluding hydrogens is 365 g/mol. The molecule has 0 aliphatic heterocycles. The molecule has 1 aliphatic carbocycles. The zero-order chi connectivity index (χ0) is 15.8. The van der Waals surface area contributed by atoms with Crippen LogP contribution in [0.2, 0.25) is 5.02 Å². The van der Waals surface area contributed by atoms with E-state index in [1.165, 1.54) is 28.7 Å². The van der Waals surface area contributed by atoms with Gasteiger partial charge in [0.15, 0.2) is 0 Å². The quantitative estimate of drug-likeness (QED) is 0.659. The van der Waals surface area contributed by atoms with Gasteiger partial charge < -0.3 is 10.1 Å². The van der Waals surface area contributed by atoms with E-state index in [2.05, 4.69) is 15.3 Å². The molecule has 0 spiro atoms. The van der Waals surface area contributed by atoms with Gasteiger partial charge >= 0.3 is 0 Å². The molecule has 0 saturated carbocycles. The van der Waals surface area contributed by atoms with Crippen molar-refractivity contribution in [3.8, 4) is 5.75 Å². The molecular formula is C17H17Cl2N3OS. The molecule has 2 heterocycles. The Morgan fingerprint density at radius 3 is 2.83 bits per heavy atom. The van der Waals surface area contributed by atoms with Crippen LogP contribution in [-0.4, -0.2) is 17.1 Å². The molecule has 0 atom stereocenters. The summed E-state index contributed by atoms with van der Waals surface area (Å²) in [5.74, 6) is 1.52. The van der Waals surface area contributed by atoms with Gasteiger partial charge in [-0.3, -0.25) is 0 Å². The number of hydrogen-bond acceptors (Lipinski definition) is 5. The summed E-state index contributed by atoms with van der Waals surface area (Å²) in [6.45, 7) is 0. The highest BCUT2D eigenvalue weighted by Gasteiger charge is 2.20. The Labute approximate surface area is 155 Å². The molecule has 0 amide bonds. The Balaban J connectivity index is 0.00000169. The molecule has 4 rings (SSSR count). The number of nitrogens with zero attached hydrogens (tertiary/aromatic N) is 2. The second-order valence-corrected chi connectivity index (χ2v) is 7.08. The van der Waals surface area contributed by atoms with Gasteiger partial charge in [-0.05, 0) is 49.4 Å². The van der Waals surface area contributed by atoms with Crippen molar-refractivity contribution in [2.75, 3.05) is 12.4 Å². The molecule has 24 heavy (non-hydrogen) atoms. The first-order valence-corrected chi connectivity index (χ1v) is 8.81. The van der Waals surface area contributed by atoms with Crippen molar-refractivity contribution >= 4 is 57.1 Å². The standard InChI is InChI=1S/C17H16ClN3OS.ClH/c1-22-13-7-6-10(8-12(13)18)21-16-15-11-4-2-3-5-14(11)23-17(15)20-9-19-16;/h6-9H,2-5H2,1H3,(H,19,20,21);1H. The molecule has 1 aliphatic rings. The van der Waals surface area contributed by atoms with Crippen molar-refractivity contribution in [1.29, 1.82) is 0 Å². The van der Waals surface area contributed by atoms with Crippen LogP contribution in [0.25, 0.3) is 10.2 Å². The van der Waals surface area contributed by atoms with Crippen LogP contribution in [0.5, 0.6) is 5.75 Å². The van der Waals surface area contributed by atoms with Crippen LogP contribution in [0.1, 0.15) is 23.3 Å². The summed E-state index contributed by atoms with van der Waals surface area (Å²) in [6.07, 6.45) is 6.40. The summed E-state index contributed by atoms with van der Waals surface area (Å²) in [5, 5.41) is 5.14. The van der Waals surface area contributed by atoms with Crippen LogP contribution in [0.15, 0.2) is 24.5 Å². The molecule has 0 saturated heterocycles. The lowest BCUT2D eigenvalue weighted by Crippen LogP contribution is -2.01. The molecule has 0 fully saturated rings. The van der Waals surface area contributed by atoms with Crippen LogP contribution >= 0.6 is 35.3 Å². The molecule has 7 heteroatoms. The lowest BCUT2D eigenvalue weighted by molar-refractivity contribution is 0.415. The summed E-state index contributed by atoms with van der Waals surface area (Å²) in [5.41, 5.74) is 2.31. The summed E-state index contributed by atoms with van der Waals surface area (Å²) in [7, 11) is 1.61. The minimum absolute atomic E-state index is 0. The van der Waals surface area contributed by atoms with Gasteiger partial charge in [-0.1, -0.05) is 11.6 Å². The Hall–Kier alpha value is -1.56. The lowest BCUT2D eigenvalue weighted by Gasteiger charge is -2.13. The van der Waals surface area contributed by atoms with Gasteiger partial charge in [0.25, 0.3) is 0 Å². The number of aromatic nitrogens is 2. The number of fused-ring (bicyclic) bond motifs is 3. The Morgan fingerprint density at radius 2 is 2.04 bits per heavy atom. The molecule has 126 valence electrons. The molecule has 4 nitrogen and oxygen atoms in total. The van der Waals surface area contributed by atoms with Crippen molar-refractivity contribution in [3.63, 3.8) is 0 Å². The fourth-order valence-corrected chi connectivity index (χ4v) is 4.55. The lowest BCUT2D eigenvalue weighted by atomic mass is 9.97. The number of halogens is 2. The van der Waals surface area contributed by atoms with E-state index >= 15 is 0 Å². The van der Waals surface area contributed by atoms with Gasteiger partial charge in [-0.25, -0.2) is 9.97 Å². The van der Waals surface area contributed by atoms with E-state index in [0.717, 1.165) is 29.2 Å². The number of anilines is 2. The van der Waals surface area contributed by atoms with Crippen molar-refractivity contribution in [3.05, 3.63) is 40.0 Å². The smallest absolute Gasteiger partial charge is 0.142 e. The molecule has 1 N–H and O–H groups in total. The predicted octanol–water partition coefficient (Wildman–Crippen LogP) is 5.40. The molecule has 0 radical (unpaired) electrons. The molecule has 0 unspecified atom stereocenters. The summed E-state index contributed by atoms with van der Waals surface area (Å²) < 4.78 is 5.20. The average Bonchev–Trinajstić information content (AvgIpc) is 2.94. The van der Waals surface area contributed by atoms with Crippen LogP contribution < -0.4 is 10.1 Å². The van der Waals surface area contributed by atoms with E-state index in [0.29, 0.717) is 10.8 Å². The first-order chi connectivity index (χ1) is 11.3. The third-order valence-corrected chi connectivity index (χ3v) is 5.66. The maximum absolute atomic E-state index is 6.21. The van der Waals surface area contributed by atoms with E-state index in [4.69, 9.17) is 16.3 Å². The van der Waals surface area contributed by atoms with Crippen LogP contribution in [0.4, 0.5) is 11.5 Å². The largest absolute Gasteiger partial charge is 0.495 e. The first-order valence-electron chi connectivity index (χ1n) is 7.62. The third kappa shape index (κ3) is 3.04. The number of thiophene rings is 1. The van der Waals surface area contributed by atoms with E-state index < -0.39 is 0 Å².